The lowest BCUT2D eigenvalue weighted by Crippen LogP contribution is -2.67. The molecule has 0 saturated carbocycles. The number of hydrogen-bond acceptors (Lipinski definition) is 3. The number of piperazine rings is 1. The first-order valence-electron chi connectivity index (χ1n) is 6.89. The molecule has 0 aromatic carbocycles. The minimum atomic E-state index is -0.844. The number of aromatic nitrogens is 1. The molecule has 2 rings (SSSR count). The van der Waals surface area contributed by atoms with Crippen LogP contribution < -0.4 is 5.32 Å². The Kier molecular flexibility index (Phi) is 3.79. The first-order valence-corrected chi connectivity index (χ1v) is 6.89. The number of hydrogen-bond donors (Lipinski definition) is 1. The maximum atomic E-state index is 12.6. The Morgan fingerprint density at radius 2 is 2.10 bits per heavy atom. The number of rotatable bonds is 3. The lowest BCUT2D eigenvalue weighted by molar-refractivity contribution is -0.154. The SMILES string of the molecule is CCC1C(=O)NC(C)(C)C(=O)N1Cc1ccncc1C. The van der Waals surface area contributed by atoms with Crippen molar-refractivity contribution in [2.24, 2.45) is 0 Å². The average molecular weight is 275 g/mol. The smallest absolute Gasteiger partial charge is 0.248 e. The number of nitrogens with zero attached hydrogens (tertiary/aromatic N) is 2. The molecule has 1 aliphatic rings. The molecule has 5 nitrogen and oxygen atoms in total. The number of carbonyl (C=O) groups excluding carboxylic acids is 2. The lowest BCUT2D eigenvalue weighted by Gasteiger charge is -2.42. The number of pyridine rings is 1. The van der Waals surface area contributed by atoms with Crippen LogP contribution in [-0.2, 0) is 16.1 Å². The van der Waals surface area contributed by atoms with Crippen molar-refractivity contribution in [2.75, 3.05) is 0 Å². The van der Waals surface area contributed by atoms with E-state index in [0.717, 1.165) is 11.1 Å². The Morgan fingerprint density at radius 3 is 2.70 bits per heavy atom. The fraction of sp³-hybridized carbons (Fsp3) is 0.533. The van der Waals surface area contributed by atoms with Crippen LogP contribution in [0, 0.1) is 6.92 Å². The molecule has 1 aromatic heterocycles. The molecular formula is C15H21N3O2. The predicted molar refractivity (Wildman–Crippen MR) is 75.8 cm³/mol. The highest BCUT2D eigenvalue weighted by molar-refractivity contribution is 5.99. The molecule has 0 aliphatic carbocycles. The third-order valence-electron chi connectivity index (χ3n) is 3.77. The second kappa shape index (κ2) is 5.23. The van der Waals surface area contributed by atoms with Crippen LogP contribution in [0.3, 0.4) is 0 Å². The van der Waals surface area contributed by atoms with Crippen molar-refractivity contribution in [2.45, 2.75) is 52.2 Å². The predicted octanol–water partition coefficient (Wildman–Crippen LogP) is 1.41. The second-order valence-corrected chi connectivity index (χ2v) is 5.77. The molecule has 1 unspecified atom stereocenters. The molecule has 1 aromatic rings. The van der Waals surface area contributed by atoms with Gasteiger partial charge >= 0.3 is 0 Å². The summed E-state index contributed by atoms with van der Waals surface area (Å²) in [7, 11) is 0. The van der Waals surface area contributed by atoms with Gasteiger partial charge in [0.05, 0.1) is 0 Å². The molecule has 1 saturated heterocycles. The Hall–Kier alpha value is -1.91. The standard InChI is InChI=1S/C15H21N3O2/c1-5-12-13(19)17-15(3,4)14(20)18(12)9-11-6-7-16-8-10(11)2/h6-8,12H,5,9H2,1-4H3,(H,17,19). The van der Waals surface area contributed by atoms with E-state index in [1.807, 2.05) is 19.9 Å². The van der Waals surface area contributed by atoms with Gasteiger partial charge in [0.2, 0.25) is 11.8 Å². The first-order chi connectivity index (χ1) is 9.36. The van der Waals surface area contributed by atoms with Crippen LogP contribution in [0.25, 0.3) is 0 Å². The van der Waals surface area contributed by atoms with Gasteiger partial charge in [-0.15, -0.1) is 0 Å². The van der Waals surface area contributed by atoms with Crippen molar-refractivity contribution in [1.29, 1.82) is 0 Å². The van der Waals surface area contributed by atoms with E-state index in [0.29, 0.717) is 13.0 Å². The van der Waals surface area contributed by atoms with Gasteiger partial charge in [-0.3, -0.25) is 14.6 Å². The topological polar surface area (TPSA) is 62.3 Å². The van der Waals surface area contributed by atoms with Gasteiger partial charge in [-0.05, 0) is 44.4 Å². The number of aryl methyl sites for hydroxylation is 1. The largest absolute Gasteiger partial charge is 0.340 e. The molecule has 1 aliphatic heterocycles. The van der Waals surface area contributed by atoms with Crippen LogP contribution >= 0.6 is 0 Å². The maximum absolute atomic E-state index is 12.6. The van der Waals surface area contributed by atoms with E-state index in [-0.39, 0.29) is 11.8 Å². The number of nitrogens with one attached hydrogen (secondary N) is 1. The summed E-state index contributed by atoms with van der Waals surface area (Å²) in [5, 5.41) is 2.79. The van der Waals surface area contributed by atoms with Crippen molar-refractivity contribution < 1.29 is 9.59 Å². The van der Waals surface area contributed by atoms with Gasteiger partial charge in [0.15, 0.2) is 0 Å². The van der Waals surface area contributed by atoms with E-state index in [1.54, 1.807) is 31.1 Å². The molecule has 1 N–H and O–H groups in total. The van der Waals surface area contributed by atoms with Gasteiger partial charge in [0.25, 0.3) is 0 Å². The van der Waals surface area contributed by atoms with Gasteiger partial charge in [-0.2, -0.15) is 0 Å². The van der Waals surface area contributed by atoms with Crippen molar-refractivity contribution in [3.63, 3.8) is 0 Å². The van der Waals surface area contributed by atoms with Crippen molar-refractivity contribution in [3.05, 3.63) is 29.6 Å². The van der Waals surface area contributed by atoms with Crippen LogP contribution in [0.1, 0.15) is 38.3 Å². The number of carbonyl (C=O) groups is 2. The zero-order valence-corrected chi connectivity index (χ0v) is 12.4. The van der Waals surface area contributed by atoms with Crippen LogP contribution in [-0.4, -0.2) is 33.3 Å². The quantitative estimate of drug-likeness (QED) is 0.907. The summed E-state index contributed by atoms with van der Waals surface area (Å²) < 4.78 is 0. The van der Waals surface area contributed by atoms with E-state index in [9.17, 15) is 9.59 Å². The van der Waals surface area contributed by atoms with Crippen LogP contribution in [0.2, 0.25) is 0 Å². The fourth-order valence-electron chi connectivity index (χ4n) is 2.54. The number of amides is 2. The van der Waals surface area contributed by atoms with Crippen LogP contribution in [0.4, 0.5) is 0 Å². The third kappa shape index (κ3) is 2.53. The highest BCUT2D eigenvalue weighted by atomic mass is 16.2. The summed E-state index contributed by atoms with van der Waals surface area (Å²) in [5.41, 5.74) is 1.21. The van der Waals surface area contributed by atoms with E-state index in [2.05, 4.69) is 10.3 Å². The lowest BCUT2D eigenvalue weighted by atomic mass is 9.95. The first kappa shape index (κ1) is 14.5. The van der Waals surface area contributed by atoms with Gasteiger partial charge in [-0.25, -0.2) is 0 Å². The van der Waals surface area contributed by atoms with Crippen molar-refractivity contribution >= 4 is 11.8 Å². The highest BCUT2D eigenvalue weighted by Crippen LogP contribution is 2.23. The van der Waals surface area contributed by atoms with Gasteiger partial charge in [0.1, 0.15) is 11.6 Å². The summed E-state index contributed by atoms with van der Waals surface area (Å²) >= 11 is 0. The zero-order chi connectivity index (χ0) is 14.9. The Balaban J connectivity index is 2.33. The zero-order valence-electron chi connectivity index (χ0n) is 12.4. The van der Waals surface area contributed by atoms with Crippen molar-refractivity contribution in [1.82, 2.24) is 15.2 Å². The summed E-state index contributed by atoms with van der Waals surface area (Å²) in [6.45, 7) is 7.81. The van der Waals surface area contributed by atoms with E-state index < -0.39 is 11.6 Å². The Labute approximate surface area is 119 Å². The molecule has 2 amide bonds. The molecule has 20 heavy (non-hydrogen) atoms. The van der Waals surface area contributed by atoms with E-state index in [1.165, 1.54) is 0 Å². The highest BCUT2D eigenvalue weighted by Gasteiger charge is 2.44. The molecule has 0 spiro atoms. The van der Waals surface area contributed by atoms with Crippen LogP contribution in [0.15, 0.2) is 18.5 Å². The van der Waals surface area contributed by atoms with Gasteiger partial charge < -0.3 is 10.2 Å². The average Bonchev–Trinajstić information content (AvgIpc) is 2.38. The minimum Gasteiger partial charge on any atom is -0.340 e. The molecule has 1 atom stereocenters. The Morgan fingerprint density at radius 1 is 1.40 bits per heavy atom. The summed E-state index contributed by atoms with van der Waals surface area (Å²) in [6.07, 6.45) is 4.09. The summed E-state index contributed by atoms with van der Waals surface area (Å²) in [4.78, 5) is 30.5. The van der Waals surface area contributed by atoms with Gasteiger partial charge in [-0.1, -0.05) is 6.92 Å². The van der Waals surface area contributed by atoms with E-state index in [4.69, 9.17) is 0 Å². The molecule has 5 heteroatoms. The molecule has 0 bridgehead atoms. The van der Waals surface area contributed by atoms with E-state index >= 15 is 0 Å². The Bertz CT molecular complexity index is 540. The molecule has 0 radical (unpaired) electrons. The normalized spacial score (nSPS) is 21.8. The molecular weight excluding hydrogens is 254 g/mol. The van der Waals surface area contributed by atoms with Gasteiger partial charge in [0, 0.05) is 18.9 Å². The summed E-state index contributed by atoms with van der Waals surface area (Å²) in [6, 6.07) is 1.50. The van der Waals surface area contributed by atoms with Crippen LogP contribution in [0.5, 0.6) is 0 Å². The monoisotopic (exact) mass is 275 g/mol. The minimum absolute atomic E-state index is 0.0415. The third-order valence-corrected chi connectivity index (χ3v) is 3.77. The molecule has 1 fully saturated rings. The fourth-order valence-corrected chi connectivity index (χ4v) is 2.54. The maximum Gasteiger partial charge on any atom is 0.248 e. The summed E-state index contributed by atoms with van der Waals surface area (Å²) in [5.74, 6) is -0.121. The van der Waals surface area contributed by atoms with Crippen molar-refractivity contribution in [3.8, 4) is 0 Å². The molecule has 2 heterocycles. The second-order valence-electron chi connectivity index (χ2n) is 5.77. The molecule has 108 valence electrons.